The van der Waals surface area contributed by atoms with Crippen LogP contribution in [0, 0.1) is 5.41 Å². The number of rotatable bonds is 1. The summed E-state index contributed by atoms with van der Waals surface area (Å²) in [5, 5.41) is 7.00. The smallest absolute Gasteiger partial charge is 0.228 e. The molecule has 0 aromatic carbocycles. The summed E-state index contributed by atoms with van der Waals surface area (Å²) in [5.41, 5.74) is 0.0403. The first-order valence-corrected chi connectivity index (χ1v) is 6.39. The number of hydrogen-bond acceptors (Lipinski definition) is 2. The Balaban J connectivity index is 0.000000509. The second-order valence-corrected chi connectivity index (χ2v) is 4.55. The zero-order valence-electron chi connectivity index (χ0n) is 11.4. The predicted octanol–water partition coefficient (Wildman–Crippen LogP) is 2.43. The topological polar surface area (TPSA) is 40.5 Å². The Labute approximate surface area is 99.8 Å². The minimum atomic E-state index is 0.0403. The number of nitrogens with zero attached hydrogens (tertiary/aromatic N) is 1. The average Bonchev–Trinajstić information content (AvgIpc) is 2.94. The second kappa shape index (κ2) is 6.89. The largest absolute Gasteiger partial charge is 0.400 e. The zero-order chi connectivity index (χ0) is 12.8. The van der Waals surface area contributed by atoms with Gasteiger partial charge in [0.05, 0.1) is 0 Å². The van der Waals surface area contributed by atoms with Gasteiger partial charge in [0.15, 0.2) is 0 Å². The molecule has 2 fully saturated rings. The van der Waals surface area contributed by atoms with E-state index in [0.717, 1.165) is 26.5 Å². The average molecular weight is 229 g/mol. The van der Waals surface area contributed by atoms with Gasteiger partial charge in [0.25, 0.3) is 0 Å². The van der Waals surface area contributed by atoms with Crippen LogP contribution in [0.1, 0.15) is 53.4 Å². The molecule has 1 unspecified atom stereocenters. The van der Waals surface area contributed by atoms with E-state index in [0.29, 0.717) is 11.9 Å². The molecule has 0 spiro atoms. The van der Waals surface area contributed by atoms with Crippen molar-refractivity contribution in [2.24, 2.45) is 5.41 Å². The molecule has 3 nitrogen and oxygen atoms in total. The van der Waals surface area contributed by atoms with Crippen LogP contribution in [0.3, 0.4) is 0 Å². The molecular weight excluding hydrogens is 202 g/mol. The van der Waals surface area contributed by atoms with Gasteiger partial charge in [-0.3, -0.25) is 4.79 Å². The van der Waals surface area contributed by atoms with Gasteiger partial charge in [-0.05, 0) is 32.6 Å². The quantitative estimate of drug-likeness (QED) is 0.750. The Morgan fingerprint density at radius 1 is 1.31 bits per heavy atom. The maximum absolute atomic E-state index is 11.9. The third kappa shape index (κ3) is 3.48. The molecule has 1 aliphatic heterocycles. The highest BCUT2D eigenvalue weighted by molar-refractivity contribution is 5.85. The fourth-order valence-corrected chi connectivity index (χ4v) is 1.98. The highest BCUT2D eigenvalue weighted by Crippen LogP contribution is 2.47. The molecule has 1 aliphatic carbocycles. The molecule has 1 atom stereocenters. The van der Waals surface area contributed by atoms with Gasteiger partial charge in [-0.1, -0.05) is 20.8 Å². The first-order chi connectivity index (χ1) is 7.63. The van der Waals surface area contributed by atoms with Crippen LogP contribution in [0.2, 0.25) is 0 Å². The lowest BCUT2D eigenvalue weighted by Crippen LogP contribution is -2.38. The lowest BCUT2D eigenvalue weighted by Gasteiger charge is -2.24. The number of carbonyl (C=O) groups is 1. The van der Waals surface area contributed by atoms with Crippen LogP contribution in [-0.2, 0) is 4.79 Å². The molecular formula is C13H27NO2. The molecule has 3 heteroatoms. The maximum atomic E-state index is 11.9. The van der Waals surface area contributed by atoms with Crippen molar-refractivity contribution in [2.75, 3.05) is 13.7 Å². The molecule has 2 rings (SSSR count). The number of carbonyl (C=O) groups excluding carboxylic acids is 1. The molecule has 96 valence electrons. The van der Waals surface area contributed by atoms with Crippen LogP contribution >= 0.6 is 0 Å². The van der Waals surface area contributed by atoms with E-state index in [2.05, 4.69) is 18.7 Å². The number of aliphatic hydroxyl groups is 1. The summed E-state index contributed by atoms with van der Waals surface area (Å²) in [6, 6.07) is 0.495. The Bertz CT molecular complexity index is 212. The molecule has 0 aromatic heterocycles. The highest BCUT2D eigenvalue weighted by atomic mass is 16.2. The molecule has 1 saturated carbocycles. The molecule has 1 N–H and O–H groups in total. The number of aliphatic hydroxyl groups excluding tert-OH is 1. The molecule has 0 aromatic rings. The van der Waals surface area contributed by atoms with Crippen molar-refractivity contribution in [3.05, 3.63) is 0 Å². The van der Waals surface area contributed by atoms with E-state index < -0.39 is 0 Å². The molecule has 1 saturated heterocycles. The van der Waals surface area contributed by atoms with Gasteiger partial charge < -0.3 is 10.0 Å². The summed E-state index contributed by atoms with van der Waals surface area (Å²) in [5.74, 6) is 0.410. The standard InChI is InChI=1S/C10H17NO.C2H6.CH4O/c1-8-4-3-7-11(8)9(12)10(2)5-6-10;2*1-2/h8H,3-7H2,1-2H3;1-2H3;2H,1H3. The fourth-order valence-electron chi connectivity index (χ4n) is 1.98. The van der Waals surface area contributed by atoms with Crippen molar-refractivity contribution in [3.8, 4) is 0 Å². The third-order valence-electron chi connectivity index (χ3n) is 3.33. The van der Waals surface area contributed by atoms with Crippen LogP contribution in [0.4, 0.5) is 0 Å². The van der Waals surface area contributed by atoms with Crippen molar-refractivity contribution in [3.63, 3.8) is 0 Å². The summed E-state index contributed by atoms with van der Waals surface area (Å²) in [6.07, 6.45) is 4.61. The minimum Gasteiger partial charge on any atom is -0.400 e. The summed E-state index contributed by atoms with van der Waals surface area (Å²) in [7, 11) is 1.00. The summed E-state index contributed by atoms with van der Waals surface area (Å²) >= 11 is 0. The van der Waals surface area contributed by atoms with Crippen LogP contribution in [-0.4, -0.2) is 35.6 Å². The van der Waals surface area contributed by atoms with Gasteiger partial charge in [0.1, 0.15) is 0 Å². The van der Waals surface area contributed by atoms with E-state index in [4.69, 9.17) is 5.11 Å². The maximum Gasteiger partial charge on any atom is 0.228 e. The van der Waals surface area contributed by atoms with E-state index in [1.807, 2.05) is 13.8 Å². The lowest BCUT2D eigenvalue weighted by atomic mass is 10.1. The molecule has 2 aliphatic rings. The summed E-state index contributed by atoms with van der Waals surface area (Å²) in [6.45, 7) is 9.26. The zero-order valence-corrected chi connectivity index (χ0v) is 11.4. The molecule has 0 radical (unpaired) electrons. The van der Waals surface area contributed by atoms with E-state index >= 15 is 0 Å². The Hall–Kier alpha value is -0.570. The lowest BCUT2D eigenvalue weighted by molar-refractivity contribution is -0.136. The molecule has 1 heterocycles. The molecule has 16 heavy (non-hydrogen) atoms. The van der Waals surface area contributed by atoms with Crippen molar-refractivity contribution in [1.29, 1.82) is 0 Å². The van der Waals surface area contributed by atoms with E-state index in [9.17, 15) is 4.79 Å². The van der Waals surface area contributed by atoms with Crippen LogP contribution in [0.5, 0.6) is 0 Å². The van der Waals surface area contributed by atoms with Gasteiger partial charge >= 0.3 is 0 Å². The van der Waals surface area contributed by atoms with E-state index in [1.54, 1.807) is 0 Å². The fraction of sp³-hybridized carbons (Fsp3) is 0.923. The van der Waals surface area contributed by atoms with Gasteiger partial charge in [-0.2, -0.15) is 0 Å². The Morgan fingerprint density at radius 2 is 1.81 bits per heavy atom. The van der Waals surface area contributed by atoms with Crippen LogP contribution in [0.25, 0.3) is 0 Å². The summed E-state index contributed by atoms with van der Waals surface area (Å²) < 4.78 is 0. The minimum absolute atomic E-state index is 0.0403. The van der Waals surface area contributed by atoms with E-state index in [-0.39, 0.29) is 5.41 Å². The summed E-state index contributed by atoms with van der Waals surface area (Å²) in [4.78, 5) is 13.9. The SMILES string of the molecule is CC.CC1CCCN1C(=O)C1(C)CC1.CO. The first kappa shape index (κ1) is 15.4. The number of likely N-dealkylation sites (tertiary alicyclic amines) is 1. The highest BCUT2D eigenvalue weighted by Gasteiger charge is 2.48. The van der Waals surface area contributed by atoms with Crippen LogP contribution < -0.4 is 0 Å². The number of amides is 1. The predicted molar refractivity (Wildman–Crippen MR) is 67.2 cm³/mol. The van der Waals surface area contributed by atoms with Gasteiger partial charge in [-0.15, -0.1) is 0 Å². The van der Waals surface area contributed by atoms with Crippen molar-refractivity contribution < 1.29 is 9.90 Å². The first-order valence-electron chi connectivity index (χ1n) is 6.39. The normalized spacial score (nSPS) is 24.9. The molecule has 0 bridgehead atoms. The Kier molecular flexibility index (Phi) is 6.65. The molecule has 1 amide bonds. The Morgan fingerprint density at radius 3 is 2.12 bits per heavy atom. The van der Waals surface area contributed by atoms with Crippen molar-refractivity contribution in [1.82, 2.24) is 4.90 Å². The van der Waals surface area contributed by atoms with Crippen molar-refractivity contribution >= 4 is 5.91 Å². The van der Waals surface area contributed by atoms with Crippen molar-refractivity contribution in [2.45, 2.75) is 59.4 Å². The van der Waals surface area contributed by atoms with E-state index in [1.165, 1.54) is 12.8 Å². The second-order valence-electron chi connectivity index (χ2n) is 4.55. The number of hydrogen-bond donors (Lipinski definition) is 1. The monoisotopic (exact) mass is 229 g/mol. The van der Waals surface area contributed by atoms with Crippen LogP contribution in [0.15, 0.2) is 0 Å². The van der Waals surface area contributed by atoms with Gasteiger partial charge in [0, 0.05) is 25.1 Å². The third-order valence-corrected chi connectivity index (χ3v) is 3.33. The van der Waals surface area contributed by atoms with Gasteiger partial charge in [0.2, 0.25) is 5.91 Å². The van der Waals surface area contributed by atoms with Gasteiger partial charge in [-0.25, -0.2) is 0 Å².